The van der Waals surface area contributed by atoms with E-state index in [4.69, 9.17) is 23.4 Å². The standard InChI is InChI=1S/C35H45NO10/c1-18(2)30(39)42-17-34(7)24-15-26(43-20(5)37)35(8)29(33(24,6)12-11-25(34)45-31(40)19(3)4)28(38)27-23(46-35)14-22(44-32(27)41)21-10-9-13-36-16-21/h9-10,13-14,16,18-19,24-26,28-29,38H,11-12,15,17H2,1-8H3/t24?,25-,26-,28-,29?,33-,34+,35+/m0/s1. The Morgan fingerprint density at radius 2 is 1.76 bits per heavy atom. The van der Waals surface area contributed by atoms with E-state index in [-0.39, 0.29) is 47.9 Å². The van der Waals surface area contributed by atoms with Gasteiger partial charge in [-0.15, -0.1) is 0 Å². The zero-order valence-corrected chi connectivity index (χ0v) is 27.8. The van der Waals surface area contributed by atoms with Gasteiger partial charge in [0.1, 0.15) is 41.5 Å². The summed E-state index contributed by atoms with van der Waals surface area (Å²) in [5, 5.41) is 12.2. The molecule has 0 saturated heterocycles. The number of rotatable bonds is 7. The largest absolute Gasteiger partial charge is 0.482 e. The number of aromatic nitrogens is 1. The second-order valence-electron chi connectivity index (χ2n) is 14.4. The van der Waals surface area contributed by atoms with Crippen LogP contribution in [-0.4, -0.2) is 52.4 Å². The van der Waals surface area contributed by atoms with Gasteiger partial charge in [-0.1, -0.05) is 41.5 Å². The molecule has 0 spiro atoms. The van der Waals surface area contributed by atoms with Crippen LogP contribution in [-0.2, 0) is 28.6 Å². The van der Waals surface area contributed by atoms with Crippen molar-refractivity contribution in [1.82, 2.24) is 4.98 Å². The molecule has 2 fully saturated rings. The van der Waals surface area contributed by atoms with Crippen LogP contribution in [0.4, 0.5) is 0 Å². The highest BCUT2D eigenvalue weighted by Crippen LogP contribution is 2.67. The summed E-state index contributed by atoms with van der Waals surface area (Å²) in [7, 11) is 0. The third-order valence-electron chi connectivity index (χ3n) is 10.6. The molecule has 0 radical (unpaired) electrons. The highest BCUT2D eigenvalue weighted by atomic mass is 16.6. The van der Waals surface area contributed by atoms with E-state index in [1.54, 1.807) is 65.2 Å². The number of ether oxygens (including phenoxy) is 4. The first kappa shape index (κ1) is 33.6. The molecule has 3 aliphatic rings. The fourth-order valence-electron chi connectivity index (χ4n) is 8.25. The predicted molar refractivity (Wildman–Crippen MR) is 165 cm³/mol. The maximum atomic E-state index is 13.5. The van der Waals surface area contributed by atoms with Crippen molar-refractivity contribution in [3.8, 4) is 17.1 Å². The van der Waals surface area contributed by atoms with E-state index in [1.807, 2.05) is 13.8 Å². The van der Waals surface area contributed by atoms with Gasteiger partial charge in [0.05, 0.1) is 17.9 Å². The molecule has 0 aromatic carbocycles. The number of esters is 3. The molecular weight excluding hydrogens is 594 g/mol. The first-order valence-corrected chi connectivity index (χ1v) is 16.0. The number of fused-ring (bicyclic) bond motifs is 4. The van der Waals surface area contributed by atoms with Crippen LogP contribution in [0.2, 0.25) is 0 Å². The zero-order valence-electron chi connectivity index (χ0n) is 27.8. The van der Waals surface area contributed by atoms with Gasteiger partial charge in [0.25, 0.3) is 0 Å². The highest BCUT2D eigenvalue weighted by molar-refractivity contribution is 5.72. The molecule has 250 valence electrons. The molecule has 1 aliphatic heterocycles. The molecule has 3 heterocycles. The Morgan fingerprint density at radius 3 is 2.37 bits per heavy atom. The van der Waals surface area contributed by atoms with Gasteiger partial charge in [0.15, 0.2) is 0 Å². The van der Waals surface area contributed by atoms with Crippen molar-refractivity contribution < 1.29 is 42.9 Å². The number of aliphatic hydroxyl groups is 1. The second kappa shape index (κ2) is 12.1. The lowest BCUT2D eigenvalue weighted by atomic mass is 9.42. The summed E-state index contributed by atoms with van der Waals surface area (Å²) in [6.45, 7) is 14.0. The average molecular weight is 640 g/mol. The molecular formula is C35H45NO10. The Bertz CT molecular complexity index is 1550. The van der Waals surface area contributed by atoms with Crippen molar-refractivity contribution >= 4 is 17.9 Å². The lowest BCUT2D eigenvalue weighted by molar-refractivity contribution is -0.271. The quantitative estimate of drug-likeness (QED) is 0.321. The molecule has 2 aromatic rings. The number of hydrogen-bond donors (Lipinski definition) is 1. The Hall–Kier alpha value is -3.73. The summed E-state index contributed by atoms with van der Waals surface area (Å²) in [6.07, 6.45) is 1.49. The number of aliphatic hydroxyl groups excluding tert-OH is 1. The molecule has 2 aromatic heterocycles. The molecule has 0 amide bonds. The highest BCUT2D eigenvalue weighted by Gasteiger charge is 2.71. The van der Waals surface area contributed by atoms with Gasteiger partial charge < -0.3 is 28.5 Å². The summed E-state index contributed by atoms with van der Waals surface area (Å²) in [6, 6.07) is 5.02. The normalized spacial score (nSPS) is 33.2. The van der Waals surface area contributed by atoms with E-state index in [2.05, 4.69) is 4.98 Å². The van der Waals surface area contributed by atoms with Gasteiger partial charge in [0, 0.05) is 42.3 Å². The number of nitrogens with zero attached hydrogens (tertiary/aromatic N) is 1. The fraction of sp³-hybridized carbons (Fsp3) is 0.629. The van der Waals surface area contributed by atoms with Gasteiger partial charge in [-0.3, -0.25) is 19.4 Å². The summed E-state index contributed by atoms with van der Waals surface area (Å²) >= 11 is 0. The number of carbonyl (C=O) groups is 3. The second-order valence-corrected chi connectivity index (χ2v) is 14.4. The molecule has 46 heavy (non-hydrogen) atoms. The maximum Gasteiger partial charge on any atom is 0.345 e. The molecule has 8 atom stereocenters. The molecule has 2 unspecified atom stereocenters. The van der Waals surface area contributed by atoms with Gasteiger partial charge in [0.2, 0.25) is 0 Å². The maximum absolute atomic E-state index is 13.5. The van der Waals surface area contributed by atoms with E-state index >= 15 is 0 Å². The Labute approximate surface area is 269 Å². The summed E-state index contributed by atoms with van der Waals surface area (Å²) in [5.74, 6) is -2.84. The van der Waals surface area contributed by atoms with Crippen molar-refractivity contribution in [3.05, 3.63) is 46.6 Å². The Morgan fingerprint density at radius 1 is 1.07 bits per heavy atom. The number of pyridine rings is 1. The summed E-state index contributed by atoms with van der Waals surface area (Å²) in [4.78, 5) is 55.9. The SMILES string of the molecule is CC(=O)O[C@H]1CC2[C@](C)(CC[C@H](OC(=O)C(C)C)[C@]2(C)COC(=O)C(C)C)C2[C@@H](O)c3c(cc(-c4cccnc4)oc3=O)O[C@@]21C. The molecule has 2 saturated carbocycles. The first-order valence-electron chi connectivity index (χ1n) is 16.0. The molecule has 11 nitrogen and oxygen atoms in total. The van der Waals surface area contributed by atoms with Gasteiger partial charge in [-0.05, 0) is 49.7 Å². The van der Waals surface area contributed by atoms with Crippen molar-refractivity contribution in [2.75, 3.05) is 6.61 Å². The topological polar surface area (TPSA) is 151 Å². The van der Waals surface area contributed by atoms with Crippen molar-refractivity contribution in [1.29, 1.82) is 0 Å². The average Bonchev–Trinajstić information content (AvgIpc) is 2.98. The van der Waals surface area contributed by atoms with Crippen molar-refractivity contribution in [2.45, 2.75) is 98.6 Å². The Balaban J connectivity index is 1.64. The van der Waals surface area contributed by atoms with Crippen LogP contribution in [0.3, 0.4) is 0 Å². The van der Waals surface area contributed by atoms with Crippen molar-refractivity contribution in [2.24, 2.45) is 34.5 Å². The van der Waals surface area contributed by atoms with Crippen LogP contribution >= 0.6 is 0 Å². The van der Waals surface area contributed by atoms with E-state index < -0.39 is 64.1 Å². The molecule has 2 aliphatic carbocycles. The van der Waals surface area contributed by atoms with Crippen LogP contribution in [0, 0.1) is 34.5 Å². The fourth-order valence-corrected chi connectivity index (χ4v) is 8.25. The van der Waals surface area contributed by atoms with Gasteiger partial charge >= 0.3 is 23.5 Å². The first-order chi connectivity index (χ1) is 21.5. The Kier molecular flexibility index (Phi) is 8.87. The van der Waals surface area contributed by atoms with Crippen LogP contribution < -0.4 is 10.4 Å². The molecule has 0 bridgehead atoms. The molecule has 1 N–H and O–H groups in total. The minimum absolute atomic E-state index is 0.0140. The predicted octanol–water partition coefficient (Wildman–Crippen LogP) is 5.03. The third kappa shape index (κ3) is 5.60. The monoisotopic (exact) mass is 639 g/mol. The summed E-state index contributed by atoms with van der Waals surface area (Å²) < 4.78 is 30.3. The smallest absolute Gasteiger partial charge is 0.345 e. The van der Waals surface area contributed by atoms with E-state index in [1.165, 1.54) is 6.92 Å². The molecule has 5 rings (SSSR count). The minimum atomic E-state index is -1.35. The number of hydrogen-bond acceptors (Lipinski definition) is 11. The van der Waals surface area contributed by atoms with E-state index in [0.717, 1.165) is 0 Å². The van der Waals surface area contributed by atoms with Gasteiger partial charge in [-0.25, -0.2) is 4.79 Å². The van der Waals surface area contributed by atoms with Crippen LogP contribution in [0.25, 0.3) is 11.3 Å². The minimum Gasteiger partial charge on any atom is -0.482 e. The summed E-state index contributed by atoms with van der Waals surface area (Å²) in [5.41, 5.74) is -3.15. The lowest BCUT2D eigenvalue weighted by Gasteiger charge is -2.66. The number of carbonyl (C=O) groups excluding carboxylic acids is 3. The van der Waals surface area contributed by atoms with E-state index in [9.17, 15) is 24.3 Å². The lowest BCUT2D eigenvalue weighted by Crippen LogP contribution is -2.71. The van der Waals surface area contributed by atoms with Crippen LogP contribution in [0.15, 0.2) is 39.8 Å². The molecule has 11 heteroatoms. The third-order valence-corrected chi connectivity index (χ3v) is 10.6. The van der Waals surface area contributed by atoms with Crippen LogP contribution in [0.1, 0.15) is 86.3 Å². The van der Waals surface area contributed by atoms with Crippen LogP contribution in [0.5, 0.6) is 5.75 Å². The van der Waals surface area contributed by atoms with Gasteiger partial charge in [-0.2, -0.15) is 0 Å². The van der Waals surface area contributed by atoms with Crippen molar-refractivity contribution in [3.63, 3.8) is 0 Å². The zero-order chi connectivity index (χ0) is 33.8. The van der Waals surface area contributed by atoms with E-state index in [0.29, 0.717) is 18.4 Å².